The number of hydrogen-bond donors (Lipinski definition) is 1. The minimum Gasteiger partial charge on any atom is -0.342 e. The molecule has 3 nitrogen and oxygen atoms in total. The molecule has 2 aliphatic heterocycles. The molecule has 1 amide bonds. The van der Waals surface area contributed by atoms with Crippen LogP contribution in [-0.2, 0) is 4.79 Å². The summed E-state index contributed by atoms with van der Waals surface area (Å²) in [5, 5.41) is 3.40. The Morgan fingerprint density at radius 3 is 2.53 bits per heavy atom. The Hall–Kier alpha value is -0.570. The van der Waals surface area contributed by atoms with Gasteiger partial charge in [0.15, 0.2) is 0 Å². The molecule has 0 aromatic heterocycles. The molecule has 0 aliphatic carbocycles. The molecule has 0 bridgehead atoms. The summed E-state index contributed by atoms with van der Waals surface area (Å²) in [4.78, 5) is 14.2. The summed E-state index contributed by atoms with van der Waals surface area (Å²) in [6.45, 7) is 8.41. The van der Waals surface area contributed by atoms with Gasteiger partial charge in [-0.3, -0.25) is 4.79 Å². The lowest BCUT2D eigenvalue weighted by Gasteiger charge is -2.21. The van der Waals surface area contributed by atoms with E-state index in [0.29, 0.717) is 5.91 Å². The maximum Gasteiger partial charge on any atom is 0.225 e. The number of amides is 1. The molecule has 0 spiro atoms. The molecule has 0 saturated carbocycles. The second kappa shape index (κ2) is 4.52. The Bertz CT molecular complexity index is 230. The van der Waals surface area contributed by atoms with Crippen molar-refractivity contribution in [1.29, 1.82) is 0 Å². The Kier molecular flexibility index (Phi) is 3.29. The average Bonchev–Trinajstić information content (AvgIpc) is 2.75. The fourth-order valence-electron chi connectivity index (χ4n) is 2.90. The van der Waals surface area contributed by atoms with E-state index in [2.05, 4.69) is 24.1 Å². The maximum atomic E-state index is 12.1. The van der Waals surface area contributed by atoms with E-state index in [0.717, 1.165) is 50.9 Å². The first-order valence-electron chi connectivity index (χ1n) is 6.22. The van der Waals surface area contributed by atoms with Gasteiger partial charge in [0.1, 0.15) is 0 Å². The first kappa shape index (κ1) is 10.9. The van der Waals surface area contributed by atoms with Gasteiger partial charge in [0.05, 0.1) is 0 Å². The summed E-state index contributed by atoms with van der Waals surface area (Å²) >= 11 is 0. The highest BCUT2D eigenvalue weighted by atomic mass is 16.2. The highest BCUT2D eigenvalue weighted by molar-refractivity contribution is 5.78. The molecule has 86 valence electrons. The van der Waals surface area contributed by atoms with Crippen molar-refractivity contribution in [3.05, 3.63) is 0 Å². The molecular weight excluding hydrogens is 188 g/mol. The average molecular weight is 210 g/mol. The van der Waals surface area contributed by atoms with Crippen LogP contribution >= 0.6 is 0 Å². The van der Waals surface area contributed by atoms with E-state index < -0.39 is 0 Å². The van der Waals surface area contributed by atoms with Crippen LogP contribution < -0.4 is 5.32 Å². The Morgan fingerprint density at radius 1 is 1.40 bits per heavy atom. The van der Waals surface area contributed by atoms with Crippen molar-refractivity contribution in [2.45, 2.75) is 26.7 Å². The van der Waals surface area contributed by atoms with E-state index in [-0.39, 0.29) is 5.92 Å². The van der Waals surface area contributed by atoms with E-state index in [9.17, 15) is 4.79 Å². The predicted molar refractivity (Wildman–Crippen MR) is 60.5 cm³/mol. The summed E-state index contributed by atoms with van der Waals surface area (Å²) in [5.74, 6) is 2.05. The minimum absolute atomic E-state index is 0.224. The summed E-state index contributed by atoms with van der Waals surface area (Å²) in [7, 11) is 0. The molecule has 3 heteroatoms. The van der Waals surface area contributed by atoms with E-state index in [1.54, 1.807) is 0 Å². The highest BCUT2D eigenvalue weighted by Crippen LogP contribution is 2.27. The summed E-state index contributed by atoms with van der Waals surface area (Å²) in [5.41, 5.74) is 0. The Balaban J connectivity index is 1.87. The standard InChI is InChI=1S/C12H22N2O/c1-3-4-9(2)12(15)14-7-10-5-13-6-11(10)8-14/h9-11,13H,3-8H2,1-2H3. The van der Waals surface area contributed by atoms with Crippen molar-refractivity contribution < 1.29 is 4.79 Å². The van der Waals surface area contributed by atoms with Crippen molar-refractivity contribution in [3.8, 4) is 0 Å². The molecule has 0 aromatic carbocycles. The van der Waals surface area contributed by atoms with Crippen LogP contribution in [0.1, 0.15) is 26.7 Å². The largest absolute Gasteiger partial charge is 0.342 e. The van der Waals surface area contributed by atoms with Crippen LogP contribution in [0.5, 0.6) is 0 Å². The zero-order valence-electron chi connectivity index (χ0n) is 9.83. The van der Waals surface area contributed by atoms with Gasteiger partial charge in [-0.25, -0.2) is 0 Å². The van der Waals surface area contributed by atoms with Crippen molar-refractivity contribution in [1.82, 2.24) is 10.2 Å². The summed E-state index contributed by atoms with van der Waals surface area (Å²) in [6.07, 6.45) is 2.14. The van der Waals surface area contributed by atoms with E-state index in [1.165, 1.54) is 0 Å². The highest BCUT2D eigenvalue weighted by Gasteiger charge is 2.38. The molecule has 2 heterocycles. The smallest absolute Gasteiger partial charge is 0.225 e. The number of nitrogens with one attached hydrogen (secondary N) is 1. The van der Waals surface area contributed by atoms with Crippen LogP contribution in [0.2, 0.25) is 0 Å². The lowest BCUT2D eigenvalue weighted by molar-refractivity contribution is -0.134. The van der Waals surface area contributed by atoms with Crippen LogP contribution in [0.3, 0.4) is 0 Å². The molecule has 2 fully saturated rings. The number of carbonyl (C=O) groups is 1. The number of carbonyl (C=O) groups excluding carboxylic acids is 1. The molecule has 0 aromatic rings. The van der Waals surface area contributed by atoms with Gasteiger partial charge in [0.2, 0.25) is 5.91 Å². The number of hydrogen-bond acceptors (Lipinski definition) is 2. The van der Waals surface area contributed by atoms with Gasteiger partial charge in [0, 0.05) is 32.1 Å². The molecular formula is C12H22N2O. The molecule has 2 saturated heterocycles. The third kappa shape index (κ3) is 2.17. The lowest BCUT2D eigenvalue weighted by Crippen LogP contribution is -2.35. The maximum absolute atomic E-state index is 12.1. The third-order valence-corrected chi connectivity index (χ3v) is 3.84. The summed E-state index contributed by atoms with van der Waals surface area (Å²) in [6, 6.07) is 0. The minimum atomic E-state index is 0.224. The van der Waals surface area contributed by atoms with Crippen LogP contribution in [0.25, 0.3) is 0 Å². The van der Waals surface area contributed by atoms with E-state index >= 15 is 0 Å². The van der Waals surface area contributed by atoms with Gasteiger partial charge in [-0.15, -0.1) is 0 Å². The van der Waals surface area contributed by atoms with Crippen molar-refractivity contribution >= 4 is 5.91 Å². The molecule has 2 aliphatic rings. The number of likely N-dealkylation sites (tertiary alicyclic amines) is 1. The van der Waals surface area contributed by atoms with Crippen LogP contribution in [0.15, 0.2) is 0 Å². The van der Waals surface area contributed by atoms with Gasteiger partial charge in [-0.05, 0) is 18.3 Å². The van der Waals surface area contributed by atoms with E-state index in [4.69, 9.17) is 0 Å². The number of rotatable bonds is 3. The zero-order valence-corrected chi connectivity index (χ0v) is 9.83. The Labute approximate surface area is 92.2 Å². The molecule has 1 N–H and O–H groups in total. The number of fused-ring (bicyclic) bond motifs is 1. The Morgan fingerprint density at radius 2 is 2.00 bits per heavy atom. The van der Waals surface area contributed by atoms with Gasteiger partial charge in [0.25, 0.3) is 0 Å². The molecule has 0 radical (unpaired) electrons. The van der Waals surface area contributed by atoms with Gasteiger partial charge in [-0.1, -0.05) is 20.3 Å². The van der Waals surface area contributed by atoms with Gasteiger partial charge in [-0.2, -0.15) is 0 Å². The van der Waals surface area contributed by atoms with Crippen LogP contribution in [0, 0.1) is 17.8 Å². The monoisotopic (exact) mass is 210 g/mol. The topological polar surface area (TPSA) is 32.3 Å². The third-order valence-electron chi connectivity index (χ3n) is 3.84. The SMILES string of the molecule is CCCC(C)C(=O)N1CC2CNCC2C1. The van der Waals surface area contributed by atoms with Crippen molar-refractivity contribution in [2.24, 2.45) is 17.8 Å². The predicted octanol–water partition coefficient (Wildman–Crippen LogP) is 1.10. The molecule has 3 unspecified atom stereocenters. The van der Waals surface area contributed by atoms with Gasteiger partial charge >= 0.3 is 0 Å². The van der Waals surface area contributed by atoms with E-state index in [1.807, 2.05) is 0 Å². The fraction of sp³-hybridized carbons (Fsp3) is 0.917. The zero-order chi connectivity index (χ0) is 10.8. The first-order chi connectivity index (χ1) is 7.22. The second-order valence-electron chi connectivity index (χ2n) is 5.11. The van der Waals surface area contributed by atoms with Crippen molar-refractivity contribution in [2.75, 3.05) is 26.2 Å². The number of nitrogens with zero attached hydrogens (tertiary/aromatic N) is 1. The second-order valence-corrected chi connectivity index (χ2v) is 5.11. The quantitative estimate of drug-likeness (QED) is 0.756. The summed E-state index contributed by atoms with van der Waals surface area (Å²) < 4.78 is 0. The van der Waals surface area contributed by atoms with Crippen LogP contribution in [0.4, 0.5) is 0 Å². The fourth-order valence-corrected chi connectivity index (χ4v) is 2.90. The molecule has 3 atom stereocenters. The van der Waals surface area contributed by atoms with Gasteiger partial charge < -0.3 is 10.2 Å². The van der Waals surface area contributed by atoms with Crippen LogP contribution in [-0.4, -0.2) is 37.0 Å². The first-order valence-corrected chi connectivity index (χ1v) is 6.22. The normalized spacial score (nSPS) is 31.7. The molecule has 15 heavy (non-hydrogen) atoms. The lowest BCUT2D eigenvalue weighted by atomic mass is 10.0. The van der Waals surface area contributed by atoms with Crippen molar-refractivity contribution in [3.63, 3.8) is 0 Å². The molecule has 2 rings (SSSR count).